The lowest BCUT2D eigenvalue weighted by Gasteiger charge is -2.49. The molecule has 0 bridgehead atoms. The Bertz CT molecular complexity index is 619. The maximum absolute atomic E-state index is 12.2. The molecule has 1 aromatic rings. The Hall–Kier alpha value is -1.13. The molecular formula is C22H31FO3. The summed E-state index contributed by atoms with van der Waals surface area (Å²) in [5.74, 6) is 3.20. The van der Waals surface area contributed by atoms with Crippen LogP contribution in [0.25, 0.3) is 0 Å². The van der Waals surface area contributed by atoms with Crippen LogP contribution in [0.5, 0.6) is 5.75 Å². The summed E-state index contributed by atoms with van der Waals surface area (Å²) in [6, 6.07) is 5.92. The van der Waals surface area contributed by atoms with Gasteiger partial charge in [0.1, 0.15) is 12.4 Å². The molecule has 1 aromatic carbocycles. The highest BCUT2D eigenvalue weighted by Crippen LogP contribution is 2.58. The zero-order valence-electron chi connectivity index (χ0n) is 15.4. The van der Waals surface area contributed by atoms with Crippen LogP contribution in [0.1, 0.15) is 55.6 Å². The predicted octanol–water partition coefficient (Wildman–Crippen LogP) is 4.21. The first-order valence-electron chi connectivity index (χ1n) is 10.3. The summed E-state index contributed by atoms with van der Waals surface area (Å²) in [4.78, 5) is 0. The van der Waals surface area contributed by atoms with Crippen LogP contribution in [0.3, 0.4) is 0 Å². The Morgan fingerprint density at radius 3 is 2.81 bits per heavy atom. The van der Waals surface area contributed by atoms with Gasteiger partial charge in [-0.05, 0) is 97.8 Å². The molecular weight excluding hydrogens is 331 g/mol. The molecule has 144 valence electrons. The van der Waals surface area contributed by atoms with Gasteiger partial charge in [-0.25, -0.2) is 4.39 Å². The van der Waals surface area contributed by atoms with Crippen LogP contribution in [0.2, 0.25) is 0 Å². The molecule has 26 heavy (non-hydrogen) atoms. The number of phenols is 1. The van der Waals surface area contributed by atoms with Crippen LogP contribution < -0.4 is 0 Å². The number of benzene rings is 1. The number of aliphatic hydroxyl groups excluding tert-OH is 1. The number of hydrogen-bond donors (Lipinski definition) is 2. The van der Waals surface area contributed by atoms with Crippen LogP contribution in [0.4, 0.5) is 4.39 Å². The first-order chi connectivity index (χ1) is 12.7. The van der Waals surface area contributed by atoms with Gasteiger partial charge >= 0.3 is 0 Å². The van der Waals surface area contributed by atoms with Gasteiger partial charge in [-0.2, -0.15) is 0 Å². The molecule has 0 radical (unpaired) electrons. The molecule has 4 rings (SSSR count). The number of fused-ring (bicyclic) bond motifs is 5. The largest absolute Gasteiger partial charge is 0.508 e. The van der Waals surface area contributed by atoms with Crippen molar-refractivity contribution in [2.24, 2.45) is 23.7 Å². The topological polar surface area (TPSA) is 49.7 Å². The van der Waals surface area contributed by atoms with E-state index in [1.165, 1.54) is 17.5 Å². The average Bonchev–Trinajstić information content (AvgIpc) is 3.01. The van der Waals surface area contributed by atoms with E-state index >= 15 is 0 Å². The van der Waals surface area contributed by atoms with Gasteiger partial charge in [-0.15, -0.1) is 0 Å². The van der Waals surface area contributed by atoms with Crippen molar-refractivity contribution in [2.75, 3.05) is 19.9 Å². The number of aryl methyl sites for hydroxylation is 1. The average molecular weight is 362 g/mol. The van der Waals surface area contributed by atoms with Crippen LogP contribution in [0.15, 0.2) is 18.2 Å². The highest BCUT2D eigenvalue weighted by molar-refractivity contribution is 5.40. The molecule has 3 aliphatic rings. The number of aromatic hydroxyl groups is 1. The highest BCUT2D eigenvalue weighted by atomic mass is 19.1. The van der Waals surface area contributed by atoms with Gasteiger partial charge in [0, 0.05) is 6.61 Å². The van der Waals surface area contributed by atoms with Crippen molar-refractivity contribution in [3.8, 4) is 5.75 Å². The molecule has 0 aliphatic heterocycles. The van der Waals surface area contributed by atoms with Crippen LogP contribution >= 0.6 is 0 Å². The fourth-order valence-electron chi connectivity index (χ4n) is 6.29. The highest BCUT2D eigenvalue weighted by Gasteiger charge is 2.50. The van der Waals surface area contributed by atoms with Gasteiger partial charge < -0.3 is 14.9 Å². The molecule has 0 spiro atoms. The van der Waals surface area contributed by atoms with E-state index in [1.807, 2.05) is 12.1 Å². The second kappa shape index (κ2) is 7.85. The van der Waals surface area contributed by atoms with Crippen molar-refractivity contribution in [1.82, 2.24) is 0 Å². The summed E-state index contributed by atoms with van der Waals surface area (Å²) in [5, 5.41) is 20.4. The van der Waals surface area contributed by atoms with Gasteiger partial charge in [0.2, 0.25) is 0 Å². The lowest BCUT2D eigenvalue weighted by Crippen LogP contribution is -2.41. The third-order valence-corrected chi connectivity index (χ3v) is 7.25. The number of rotatable bonds is 6. The predicted molar refractivity (Wildman–Crippen MR) is 99.0 cm³/mol. The monoisotopic (exact) mass is 362 g/mol. The fourth-order valence-corrected chi connectivity index (χ4v) is 6.29. The van der Waals surface area contributed by atoms with Crippen LogP contribution in [0, 0.1) is 23.7 Å². The van der Waals surface area contributed by atoms with Gasteiger partial charge in [0.15, 0.2) is 0 Å². The Morgan fingerprint density at radius 1 is 1.08 bits per heavy atom. The maximum atomic E-state index is 12.2. The standard InChI is InChI=1S/C22H31FO3/c23-9-11-26-10-1-2-15-13-20-18(7-8-21(20)25)19-5-3-14-12-16(24)4-6-17(14)22(15)19/h4,6,12,15,18-22,24-25H,1-3,5,7-11,13H2/t15-,18?,19?,20?,21-,22?/m0/s1. The van der Waals surface area contributed by atoms with Crippen molar-refractivity contribution in [2.45, 2.75) is 57.0 Å². The van der Waals surface area contributed by atoms with E-state index in [2.05, 4.69) is 6.07 Å². The zero-order valence-corrected chi connectivity index (χ0v) is 15.4. The normalized spacial score (nSPS) is 35.6. The maximum Gasteiger partial charge on any atom is 0.115 e. The molecule has 2 fully saturated rings. The SMILES string of the molecule is Oc1ccc2c(c1)CCC1C3CC[C@H](O)C3C[C@H](CCCOCCF)C21. The summed E-state index contributed by atoms with van der Waals surface area (Å²) in [5.41, 5.74) is 2.73. The van der Waals surface area contributed by atoms with E-state index < -0.39 is 6.67 Å². The first kappa shape index (κ1) is 18.2. The first-order valence-corrected chi connectivity index (χ1v) is 10.3. The summed E-state index contributed by atoms with van der Waals surface area (Å²) in [6.07, 6.45) is 7.31. The minimum Gasteiger partial charge on any atom is -0.508 e. The molecule has 0 heterocycles. The zero-order chi connectivity index (χ0) is 18.1. The Labute approximate surface area is 155 Å². The van der Waals surface area contributed by atoms with E-state index in [9.17, 15) is 14.6 Å². The van der Waals surface area contributed by atoms with Gasteiger partial charge in [0.05, 0.1) is 12.7 Å². The summed E-state index contributed by atoms with van der Waals surface area (Å²) in [6.45, 7) is 0.403. The molecule has 0 saturated heterocycles. The van der Waals surface area contributed by atoms with Gasteiger partial charge in [0.25, 0.3) is 0 Å². The number of alkyl halides is 1. The minimum absolute atomic E-state index is 0.132. The molecule has 0 amide bonds. The number of aliphatic hydroxyl groups is 1. The number of phenolic OH excluding ortho intramolecular Hbond substituents is 1. The Kier molecular flexibility index (Phi) is 5.51. The lowest BCUT2D eigenvalue weighted by molar-refractivity contribution is 0.0196. The lowest BCUT2D eigenvalue weighted by atomic mass is 9.56. The van der Waals surface area contributed by atoms with E-state index in [4.69, 9.17) is 4.74 Å². The molecule has 0 aromatic heterocycles. The smallest absolute Gasteiger partial charge is 0.115 e. The van der Waals surface area contributed by atoms with Crippen LogP contribution in [-0.4, -0.2) is 36.2 Å². The van der Waals surface area contributed by atoms with E-state index in [0.717, 1.165) is 38.5 Å². The number of ether oxygens (including phenoxy) is 1. The Balaban J connectivity index is 1.55. The van der Waals surface area contributed by atoms with Crippen molar-refractivity contribution < 1.29 is 19.3 Å². The quantitative estimate of drug-likeness (QED) is 0.745. The van der Waals surface area contributed by atoms with E-state index in [0.29, 0.717) is 41.9 Å². The Morgan fingerprint density at radius 2 is 1.96 bits per heavy atom. The van der Waals surface area contributed by atoms with E-state index in [-0.39, 0.29) is 12.7 Å². The second-order valence-electron chi connectivity index (χ2n) is 8.52. The second-order valence-corrected chi connectivity index (χ2v) is 8.52. The van der Waals surface area contributed by atoms with Crippen molar-refractivity contribution >= 4 is 0 Å². The third kappa shape index (κ3) is 3.38. The molecule has 4 heteroatoms. The summed E-state index contributed by atoms with van der Waals surface area (Å²) < 4.78 is 17.6. The van der Waals surface area contributed by atoms with Crippen LogP contribution in [-0.2, 0) is 11.2 Å². The minimum atomic E-state index is -0.416. The van der Waals surface area contributed by atoms with Gasteiger partial charge in [-0.3, -0.25) is 0 Å². The molecule has 3 nitrogen and oxygen atoms in total. The van der Waals surface area contributed by atoms with Crippen molar-refractivity contribution in [1.29, 1.82) is 0 Å². The molecule has 2 N–H and O–H groups in total. The van der Waals surface area contributed by atoms with Crippen molar-refractivity contribution in [3.05, 3.63) is 29.3 Å². The number of halogens is 1. The molecule has 3 aliphatic carbocycles. The van der Waals surface area contributed by atoms with E-state index in [1.54, 1.807) is 0 Å². The third-order valence-electron chi connectivity index (χ3n) is 7.25. The fraction of sp³-hybridized carbons (Fsp3) is 0.727. The van der Waals surface area contributed by atoms with Crippen molar-refractivity contribution in [3.63, 3.8) is 0 Å². The summed E-state index contributed by atoms with van der Waals surface area (Å²) in [7, 11) is 0. The molecule has 2 saturated carbocycles. The number of hydrogen-bond acceptors (Lipinski definition) is 3. The molecule has 6 atom stereocenters. The summed E-state index contributed by atoms with van der Waals surface area (Å²) >= 11 is 0. The van der Waals surface area contributed by atoms with Gasteiger partial charge in [-0.1, -0.05) is 6.07 Å². The molecule has 4 unspecified atom stereocenters.